The number of aliphatic hydroxyl groups excluding tert-OH is 1. The number of benzene rings is 1. The lowest BCUT2D eigenvalue weighted by Gasteiger charge is -2.34. The molecule has 84 valence electrons. The van der Waals surface area contributed by atoms with Crippen LogP contribution in [0.25, 0.3) is 0 Å². The molecular weight excluding hydrogens is 188 g/mol. The molecule has 15 heavy (non-hydrogen) atoms. The van der Waals surface area contributed by atoms with E-state index in [0.29, 0.717) is 6.54 Å². The number of hydrogen-bond acceptors (Lipinski definition) is 3. The Hall–Kier alpha value is -1.06. The Balaban J connectivity index is 2.71. The SMILES string of the molecule is CC(C)(Nc1ccccc1)[C@H](CN)CO. The molecule has 0 amide bonds. The van der Waals surface area contributed by atoms with Crippen LogP contribution in [-0.4, -0.2) is 23.8 Å². The van der Waals surface area contributed by atoms with Crippen molar-refractivity contribution in [3.05, 3.63) is 30.3 Å². The number of rotatable bonds is 5. The summed E-state index contributed by atoms with van der Waals surface area (Å²) in [5.41, 5.74) is 6.47. The van der Waals surface area contributed by atoms with Crippen LogP contribution in [0.5, 0.6) is 0 Å². The first-order valence-electron chi connectivity index (χ1n) is 5.24. The molecule has 0 saturated heterocycles. The molecule has 0 bridgehead atoms. The minimum Gasteiger partial charge on any atom is -0.396 e. The van der Waals surface area contributed by atoms with Gasteiger partial charge in [0, 0.05) is 23.8 Å². The van der Waals surface area contributed by atoms with E-state index in [1.807, 2.05) is 44.2 Å². The summed E-state index contributed by atoms with van der Waals surface area (Å²) in [4.78, 5) is 0. The lowest BCUT2D eigenvalue weighted by molar-refractivity contribution is 0.185. The Morgan fingerprint density at radius 1 is 1.33 bits per heavy atom. The number of nitrogens with two attached hydrogens (primary N) is 1. The molecular formula is C12H20N2O. The molecule has 4 N–H and O–H groups in total. The summed E-state index contributed by atoms with van der Waals surface area (Å²) >= 11 is 0. The molecule has 1 atom stereocenters. The van der Waals surface area contributed by atoms with Crippen LogP contribution in [0.2, 0.25) is 0 Å². The molecule has 0 aromatic heterocycles. The zero-order valence-electron chi connectivity index (χ0n) is 9.40. The molecule has 3 heteroatoms. The third-order valence-electron chi connectivity index (χ3n) is 2.77. The topological polar surface area (TPSA) is 58.3 Å². The number of para-hydroxylation sites is 1. The molecule has 0 saturated carbocycles. The monoisotopic (exact) mass is 208 g/mol. The highest BCUT2D eigenvalue weighted by Gasteiger charge is 2.27. The second-order valence-electron chi connectivity index (χ2n) is 4.33. The van der Waals surface area contributed by atoms with Crippen LogP contribution in [0.1, 0.15) is 13.8 Å². The maximum atomic E-state index is 9.22. The molecule has 0 radical (unpaired) electrons. The third kappa shape index (κ3) is 3.22. The predicted molar refractivity (Wildman–Crippen MR) is 63.8 cm³/mol. The molecule has 0 heterocycles. The average Bonchev–Trinajstić information content (AvgIpc) is 2.19. The van der Waals surface area contributed by atoms with Crippen LogP contribution in [0.3, 0.4) is 0 Å². The molecule has 1 rings (SSSR count). The van der Waals surface area contributed by atoms with E-state index in [2.05, 4.69) is 5.32 Å². The molecule has 0 aliphatic rings. The van der Waals surface area contributed by atoms with E-state index in [9.17, 15) is 5.11 Å². The van der Waals surface area contributed by atoms with Crippen molar-refractivity contribution in [2.75, 3.05) is 18.5 Å². The Kier molecular flexibility index (Phi) is 4.12. The minimum absolute atomic E-state index is 0.0534. The molecule has 0 aliphatic heterocycles. The standard InChI is InChI=1S/C12H20N2O/c1-12(2,10(8-13)9-15)14-11-6-4-3-5-7-11/h3-7,10,14-15H,8-9,13H2,1-2H3/t10-/m1/s1. The maximum absolute atomic E-state index is 9.22. The van der Waals surface area contributed by atoms with E-state index in [1.54, 1.807) is 0 Å². The van der Waals surface area contributed by atoms with Crippen molar-refractivity contribution < 1.29 is 5.11 Å². The Morgan fingerprint density at radius 3 is 2.40 bits per heavy atom. The van der Waals surface area contributed by atoms with Gasteiger partial charge < -0.3 is 16.2 Å². The molecule has 1 aromatic rings. The minimum atomic E-state index is -0.204. The summed E-state index contributed by atoms with van der Waals surface area (Å²) in [6, 6.07) is 9.95. The van der Waals surface area contributed by atoms with Gasteiger partial charge in [-0.15, -0.1) is 0 Å². The molecule has 0 unspecified atom stereocenters. The summed E-state index contributed by atoms with van der Waals surface area (Å²) in [5, 5.41) is 12.6. The smallest absolute Gasteiger partial charge is 0.0493 e. The predicted octanol–water partition coefficient (Wildman–Crippen LogP) is 1.44. The van der Waals surface area contributed by atoms with Gasteiger partial charge in [-0.3, -0.25) is 0 Å². The fraction of sp³-hybridized carbons (Fsp3) is 0.500. The van der Waals surface area contributed by atoms with Crippen LogP contribution in [0.4, 0.5) is 5.69 Å². The van der Waals surface area contributed by atoms with E-state index in [0.717, 1.165) is 5.69 Å². The van der Waals surface area contributed by atoms with Gasteiger partial charge in [-0.05, 0) is 32.5 Å². The first kappa shape index (κ1) is 12.0. The Morgan fingerprint density at radius 2 is 1.93 bits per heavy atom. The second kappa shape index (κ2) is 5.14. The highest BCUT2D eigenvalue weighted by molar-refractivity contribution is 5.44. The lowest BCUT2D eigenvalue weighted by Crippen LogP contribution is -2.45. The van der Waals surface area contributed by atoms with E-state index in [1.165, 1.54) is 0 Å². The van der Waals surface area contributed by atoms with E-state index >= 15 is 0 Å². The first-order valence-corrected chi connectivity index (χ1v) is 5.24. The van der Waals surface area contributed by atoms with Crippen LogP contribution in [0, 0.1) is 5.92 Å². The van der Waals surface area contributed by atoms with Gasteiger partial charge in [0.25, 0.3) is 0 Å². The molecule has 3 nitrogen and oxygen atoms in total. The van der Waals surface area contributed by atoms with Gasteiger partial charge in [0.2, 0.25) is 0 Å². The average molecular weight is 208 g/mol. The van der Waals surface area contributed by atoms with Crippen molar-refractivity contribution >= 4 is 5.69 Å². The van der Waals surface area contributed by atoms with Gasteiger partial charge in [-0.25, -0.2) is 0 Å². The normalized spacial score (nSPS) is 13.6. The third-order valence-corrected chi connectivity index (χ3v) is 2.77. The van der Waals surface area contributed by atoms with Crippen LogP contribution < -0.4 is 11.1 Å². The summed E-state index contributed by atoms with van der Waals surface area (Å²) in [6.45, 7) is 4.67. The fourth-order valence-electron chi connectivity index (χ4n) is 1.59. The van der Waals surface area contributed by atoms with Crippen molar-refractivity contribution in [3.63, 3.8) is 0 Å². The first-order chi connectivity index (χ1) is 7.10. The highest BCUT2D eigenvalue weighted by atomic mass is 16.3. The lowest BCUT2D eigenvalue weighted by atomic mass is 9.88. The molecule has 0 fully saturated rings. The number of anilines is 1. The zero-order valence-corrected chi connectivity index (χ0v) is 9.40. The maximum Gasteiger partial charge on any atom is 0.0493 e. The second-order valence-corrected chi connectivity index (χ2v) is 4.33. The van der Waals surface area contributed by atoms with Gasteiger partial charge >= 0.3 is 0 Å². The van der Waals surface area contributed by atoms with Crippen LogP contribution in [0.15, 0.2) is 30.3 Å². The van der Waals surface area contributed by atoms with Crippen molar-refractivity contribution in [1.82, 2.24) is 0 Å². The zero-order chi connectivity index (χ0) is 11.3. The molecule has 0 spiro atoms. The summed E-state index contributed by atoms with van der Waals surface area (Å²) < 4.78 is 0. The molecule has 1 aromatic carbocycles. The van der Waals surface area contributed by atoms with Crippen molar-refractivity contribution in [2.45, 2.75) is 19.4 Å². The van der Waals surface area contributed by atoms with Gasteiger partial charge in [0.15, 0.2) is 0 Å². The van der Waals surface area contributed by atoms with Crippen molar-refractivity contribution in [1.29, 1.82) is 0 Å². The number of aliphatic hydroxyl groups is 1. The van der Waals surface area contributed by atoms with Gasteiger partial charge in [-0.1, -0.05) is 18.2 Å². The van der Waals surface area contributed by atoms with Crippen molar-refractivity contribution in [2.24, 2.45) is 11.7 Å². The van der Waals surface area contributed by atoms with Crippen LogP contribution in [-0.2, 0) is 0 Å². The number of nitrogens with one attached hydrogen (secondary N) is 1. The van der Waals surface area contributed by atoms with Gasteiger partial charge in [0.1, 0.15) is 0 Å². The quantitative estimate of drug-likeness (QED) is 0.686. The van der Waals surface area contributed by atoms with E-state index < -0.39 is 0 Å². The number of hydrogen-bond donors (Lipinski definition) is 3. The van der Waals surface area contributed by atoms with Crippen molar-refractivity contribution in [3.8, 4) is 0 Å². The fourth-order valence-corrected chi connectivity index (χ4v) is 1.59. The summed E-state index contributed by atoms with van der Waals surface area (Å²) in [5.74, 6) is 0.0534. The Bertz CT molecular complexity index is 281. The van der Waals surface area contributed by atoms with E-state index in [4.69, 9.17) is 5.73 Å². The highest BCUT2D eigenvalue weighted by Crippen LogP contribution is 2.21. The summed E-state index contributed by atoms with van der Waals surface area (Å²) in [6.07, 6.45) is 0. The summed E-state index contributed by atoms with van der Waals surface area (Å²) in [7, 11) is 0. The molecule has 0 aliphatic carbocycles. The van der Waals surface area contributed by atoms with Gasteiger partial charge in [-0.2, -0.15) is 0 Å². The Labute approximate surface area is 91.3 Å². The van der Waals surface area contributed by atoms with Crippen LogP contribution >= 0.6 is 0 Å². The van der Waals surface area contributed by atoms with Gasteiger partial charge in [0.05, 0.1) is 0 Å². The van der Waals surface area contributed by atoms with E-state index in [-0.39, 0.29) is 18.1 Å². The largest absolute Gasteiger partial charge is 0.396 e.